The second kappa shape index (κ2) is 4.75. The lowest BCUT2D eigenvalue weighted by molar-refractivity contribution is 0.112. The summed E-state index contributed by atoms with van der Waals surface area (Å²) in [6.45, 7) is 11.2. The Morgan fingerprint density at radius 3 is 2.56 bits per heavy atom. The first-order valence-corrected chi connectivity index (χ1v) is 6.72. The third-order valence-corrected chi connectivity index (χ3v) is 4.16. The monoisotopic (exact) mass is 245 g/mol. The van der Waals surface area contributed by atoms with E-state index in [0.29, 0.717) is 5.41 Å². The predicted octanol–water partition coefficient (Wildman–Crippen LogP) is 3.68. The smallest absolute Gasteiger partial charge is 0.150 e. The number of rotatable bonds is 2. The average molecular weight is 245 g/mol. The lowest BCUT2D eigenvalue weighted by atomic mass is 9.80. The van der Waals surface area contributed by atoms with Crippen LogP contribution in [0.15, 0.2) is 18.2 Å². The summed E-state index contributed by atoms with van der Waals surface area (Å²) < 4.78 is 0. The first-order valence-electron chi connectivity index (χ1n) is 6.72. The van der Waals surface area contributed by atoms with Gasteiger partial charge in [0.1, 0.15) is 6.29 Å². The molecule has 1 atom stereocenters. The fourth-order valence-electron chi connectivity index (χ4n) is 2.69. The molecule has 1 heterocycles. The van der Waals surface area contributed by atoms with Crippen LogP contribution >= 0.6 is 0 Å². The largest absolute Gasteiger partial charge is 0.371 e. The summed E-state index contributed by atoms with van der Waals surface area (Å²) in [6.07, 6.45) is 2.19. The highest BCUT2D eigenvalue weighted by atomic mass is 16.1. The van der Waals surface area contributed by atoms with Crippen molar-refractivity contribution in [3.8, 4) is 0 Å². The van der Waals surface area contributed by atoms with E-state index in [4.69, 9.17) is 0 Å². The van der Waals surface area contributed by atoms with Gasteiger partial charge < -0.3 is 4.90 Å². The highest BCUT2D eigenvalue weighted by Crippen LogP contribution is 2.35. The van der Waals surface area contributed by atoms with E-state index in [1.165, 1.54) is 12.1 Å². The lowest BCUT2D eigenvalue weighted by Crippen LogP contribution is -2.25. The van der Waals surface area contributed by atoms with Crippen LogP contribution < -0.4 is 4.90 Å². The first kappa shape index (κ1) is 13.1. The average Bonchev–Trinajstić information content (AvgIpc) is 2.77. The third kappa shape index (κ3) is 2.58. The highest BCUT2D eigenvalue weighted by Gasteiger charge is 2.31. The summed E-state index contributed by atoms with van der Waals surface area (Å²) in [5.74, 6) is 0.753. The molecule has 1 saturated heterocycles. The Bertz CT molecular complexity index is 445. The van der Waals surface area contributed by atoms with Crippen molar-refractivity contribution in [1.82, 2.24) is 0 Å². The normalized spacial score (nSPS) is 20.2. The van der Waals surface area contributed by atoms with Gasteiger partial charge in [0, 0.05) is 24.3 Å². The Morgan fingerprint density at radius 1 is 1.33 bits per heavy atom. The molecule has 0 spiro atoms. The van der Waals surface area contributed by atoms with Gasteiger partial charge in [-0.25, -0.2) is 0 Å². The number of aryl methyl sites for hydroxylation is 1. The van der Waals surface area contributed by atoms with Gasteiger partial charge in [-0.1, -0.05) is 20.8 Å². The molecule has 0 saturated carbocycles. The van der Waals surface area contributed by atoms with Crippen molar-refractivity contribution in [2.75, 3.05) is 18.0 Å². The zero-order valence-corrected chi connectivity index (χ0v) is 11.9. The number of benzene rings is 1. The Labute approximate surface area is 110 Å². The topological polar surface area (TPSA) is 20.3 Å². The van der Waals surface area contributed by atoms with Crippen LogP contribution in [0.3, 0.4) is 0 Å². The third-order valence-electron chi connectivity index (χ3n) is 4.16. The van der Waals surface area contributed by atoms with Crippen molar-refractivity contribution in [2.24, 2.45) is 11.3 Å². The van der Waals surface area contributed by atoms with Gasteiger partial charge in [0.2, 0.25) is 0 Å². The molecule has 98 valence electrons. The molecule has 0 radical (unpaired) electrons. The van der Waals surface area contributed by atoms with Crippen molar-refractivity contribution in [3.63, 3.8) is 0 Å². The summed E-state index contributed by atoms with van der Waals surface area (Å²) in [6, 6.07) is 6.14. The molecule has 2 nitrogen and oxygen atoms in total. The summed E-state index contributed by atoms with van der Waals surface area (Å²) in [5.41, 5.74) is 3.50. The van der Waals surface area contributed by atoms with Crippen LogP contribution in [-0.2, 0) is 0 Å². The number of anilines is 1. The fraction of sp³-hybridized carbons (Fsp3) is 0.562. The van der Waals surface area contributed by atoms with Gasteiger partial charge in [0.15, 0.2) is 0 Å². The van der Waals surface area contributed by atoms with Gasteiger partial charge in [-0.15, -0.1) is 0 Å². The van der Waals surface area contributed by atoms with Crippen molar-refractivity contribution >= 4 is 12.0 Å². The molecule has 1 aliphatic rings. The van der Waals surface area contributed by atoms with E-state index in [2.05, 4.69) is 37.8 Å². The molecule has 0 aliphatic carbocycles. The van der Waals surface area contributed by atoms with Crippen LogP contribution in [-0.4, -0.2) is 19.4 Å². The second-order valence-corrected chi connectivity index (χ2v) is 6.46. The van der Waals surface area contributed by atoms with Crippen molar-refractivity contribution < 1.29 is 4.79 Å². The maximum Gasteiger partial charge on any atom is 0.150 e. The highest BCUT2D eigenvalue weighted by molar-refractivity contribution is 5.78. The fourth-order valence-corrected chi connectivity index (χ4v) is 2.69. The molecule has 2 heteroatoms. The van der Waals surface area contributed by atoms with Gasteiger partial charge in [-0.3, -0.25) is 4.79 Å². The first-order chi connectivity index (χ1) is 8.41. The van der Waals surface area contributed by atoms with E-state index in [1.807, 2.05) is 13.0 Å². The zero-order chi connectivity index (χ0) is 13.3. The second-order valence-electron chi connectivity index (χ2n) is 6.46. The van der Waals surface area contributed by atoms with Crippen LogP contribution in [0, 0.1) is 18.3 Å². The number of hydrogen-bond acceptors (Lipinski definition) is 2. The Hall–Kier alpha value is -1.31. The predicted molar refractivity (Wildman–Crippen MR) is 76.3 cm³/mol. The SMILES string of the molecule is Cc1cc(N2CCC(C(C)(C)C)C2)ccc1C=O. The van der Waals surface area contributed by atoms with E-state index in [1.54, 1.807) is 0 Å². The molecule has 1 aromatic carbocycles. The molecule has 0 bridgehead atoms. The molecule has 0 amide bonds. The van der Waals surface area contributed by atoms with Gasteiger partial charge >= 0.3 is 0 Å². The molecule has 0 aromatic heterocycles. The molecule has 1 fully saturated rings. The van der Waals surface area contributed by atoms with Crippen molar-refractivity contribution in [2.45, 2.75) is 34.1 Å². The molecule has 18 heavy (non-hydrogen) atoms. The van der Waals surface area contributed by atoms with Crippen LogP contribution in [0.5, 0.6) is 0 Å². The molecule has 2 rings (SSSR count). The molecular formula is C16H23NO. The number of carbonyl (C=O) groups is 1. The number of carbonyl (C=O) groups excluding carboxylic acids is 1. The molecule has 0 N–H and O–H groups in total. The number of aldehydes is 1. The van der Waals surface area contributed by atoms with Gasteiger partial charge in [0.05, 0.1) is 0 Å². The van der Waals surface area contributed by atoms with Crippen LogP contribution in [0.2, 0.25) is 0 Å². The summed E-state index contributed by atoms with van der Waals surface area (Å²) in [7, 11) is 0. The summed E-state index contributed by atoms with van der Waals surface area (Å²) >= 11 is 0. The van der Waals surface area contributed by atoms with Gasteiger partial charge in [-0.05, 0) is 48.4 Å². The van der Waals surface area contributed by atoms with Crippen molar-refractivity contribution in [3.05, 3.63) is 29.3 Å². The van der Waals surface area contributed by atoms with Gasteiger partial charge in [-0.2, -0.15) is 0 Å². The maximum absolute atomic E-state index is 10.8. The van der Waals surface area contributed by atoms with E-state index in [9.17, 15) is 4.79 Å². The van der Waals surface area contributed by atoms with Crippen LogP contribution in [0.25, 0.3) is 0 Å². The summed E-state index contributed by atoms with van der Waals surface area (Å²) in [4.78, 5) is 13.3. The lowest BCUT2D eigenvalue weighted by Gasteiger charge is -2.27. The van der Waals surface area contributed by atoms with Crippen LogP contribution in [0.4, 0.5) is 5.69 Å². The standard InChI is InChI=1S/C16H23NO/c1-12-9-15(6-5-13(12)11-18)17-8-7-14(10-17)16(2,3)4/h5-6,9,11,14H,7-8,10H2,1-4H3. The zero-order valence-electron chi connectivity index (χ0n) is 11.9. The molecule has 1 aromatic rings. The minimum absolute atomic E-state index is 0.381. The summed E-state index contributed by atoms with van der Waals surface area (Å²) in [5, 5.41) is 0. The molecule has 1 unspecified atom stereocenters. The van der Waals surface area contributed by atoms with E-state index >= 15 is 0 Å². The minimum Gasteiger partial charge on any atom is -0.371 e. The molecular weight excluding hydrogens is 222 g/mol. The van der Waals surface area contributed by atoms with Gasteiger partial charge in [0.25, 0.3) is 0 Å². The Morgan fingerprint density at radius 2 is 2.06 bits per heavy atom. The minimum atomic E-state index is 0.381. The molecule has 1 aliphatic heterocycles. The Balaban J connectivity index is 2.15. The number of hydrogen-bond donors (Lipinski definition) is 0. The van der Waals surface area contributed by atoms with E-state index in [0.717, 1.165) is 36.4 Å². The quantitative estimate of drug-likeness (QED) is 0.741. The van der Waals surface area contributed by atoms with Crippen molar-refractivity contribution in [1.29, 1.82) is 0 Å². The van der Waals surface area contributed by atoms with E-state index < -0.39 is 0 Å². The van der Waals surface area contributed by atoms with Crippen LogP contribution in [0.1, 0.15) is 43.1 Å². The Kier molecular flexibility index (Phi) is 3.47. The van der Waals surface area contributed by atoms with E-state index in [-0.39, 0.29) is 0 Å². The number of nitrogens with zero attached hydrogens (tertiary/aromatic N) is 1. The maximum atomic E-state index is 10.8.